The molecular formula is C30H61BrN2. The molecule has 1 unspecified atom stereocenters. The molecule has 2 nitrogen and oxygen atoms in total. The topological polar surface area (TPSA) is 6.48 Å². The van der Waals surface area contributed by atoms with Crippen LogP contribution in [0.2, 0.25) is 0 Å². The van der Waals surface area contributed by atoms with Crippen LogP contribution in [0.3, 0.4) is 0 Å². The zero-order valence-electron chi connectivity index (χ0n) is 23.0. The number of hydrogen-bond donors (Lipinski definition) is 0. The van der Waals surface area contributed by atoms with Gasteiger partial charge in [0.15, 0.2) is 0 Å². The molecule has 0 bridgehead atoms. The quantitative estimate of drug-likeness (QED) is 0.115. The van der Waals surface area contributed by atoms with Gasteiger partial charge in [-0.05, 0) is 19.3 Å². The fourth-order valence-electron chi connectivity index (χ4n) is 5.16. The molecule has 0 aromatic rings. The Morgan fingerprint density at radius 3 is 1.03 bits per heavy atom. The Hall–Kier alpha value is -0.180. The van der Waals surface area contributed by atoms with Crippen molar-refractivity contribution in [1.82, 2.24) is 9.80 Å². The van der Waals surface area contributed by atoms with Crippen molar-refractivity contribution in [2.24, 2.45) is 0 Å². The molecule has 0 aliphatic carbocycles. The lowest BCUT2D eigenvalue weighted by Crippen LogP contribution is -2.39. The molecule has 33 heavy (non-hydrogen) atoms. The minimum Gasteiger partial charge on any atom is -0.356 e. The molecule has 0 N–H and O–H groups in total. The second-order valence-electron chi connectivity index (χ2n) is 10.4. The van der Waals surface area contributed by atoms with Crippen molar-refractivity contribution in [1.29, 1.82) is 0 Å². The summed E-state index contributed by atoms with van der Waals surface area (Å²) in [4.78, 5) is 5.27. The maximum Gasteiger partial charge on any atom is 0.101 e. The third-order valence-electron chi connectivity index (χ3n) is 7.30. The van der Waals surface area contributed by atoms with Crippen LogP contribution in [0.15, 0.2) is 12.4 Å². The Bertz CT molecular complexity index is 412. The van der Waals surface area contributed by atoms with Crippen molar-refractivity contribution in [2.45, 2.75) is 168 Å². The van der Waals surface area contributed by atoms with Gasteiger partial charge in [0.25, 0.3) is 0 Å². The minimum absolute atomic E-state index is 0. The van der Waals surface area contributed by atoms with Crippen LogP contribution in [0.25, 0.3) is 0 Å². The molecule has 1 aliphatic heterocycles. The Morgan fingerprint density at radius 1 is 0.424 bits per heavy atom. The summed E-state index contributed by atoms with van der Waals surface area (Å²) in [6.45, 7) is 9.45. The van der Waals surface area contributed by atoms with E-state index in [2.05, 4.69) is 43.0 Å². The molecule has 198 valence electrons. The zero-order valence-corrected chi connectivity index (χ0v) is 24.7. The van der Waals surface area contributed by atoms with E-state index >= 15 is 0 Å². The minimum atomic E-state index is 0. The summed E-state index contributed by atoms with van der Waals surface area (Å²) in [5.41, 5.74) is 0. The largest absolute Gasteiger partial charge is 0.356 e. The molecule has 0 aromatic heterocycles. The summed E-state index contributed by atoms with van der Waals surface area (Å²) in [6, 6.07) is 0. The van der Waals surface area contributed by atoms with E-state index in [1.807, 2.05) is 0 Å². The number of nitrogens with zero attached hydrogens (tertiary/aromatic N) is 2. The lowest BCUT2D eigenvalue weighted by molar-refractivity contribution is 0.138. The fourth-order valence-corrected chi connectivity index (χ4v) is 5.16. The monoisotopic (exact) mass is 528 g/mol. The maximum atomic E-state index is 2.64. The van der Waals surface area contributed by atoms with Gasteiger partial charge in [0, 0.05) is 25.5 Å². The molecule has 0 spiro atoms. The predicted octanol–water partition coefficient (Wildman–Crippen LogP) is 10.6. The van der Waals surface area contributed by atoms with Gasteiger partial charge < -0.3 is 9.80 Å². The molecule has 0 aromatic carbocycles. The Balaban J connectivity index is 0.0000102. The first kappa shape index (κ1) is 32.8. The molecular weight excluding hydrogens is 468 g/mol. The van der Waals surface area contributed by atoms with Gasteiger partial charge in [0.2, 0.25) is 0 Å². The SMILES string of the molecule is Br.CCCCCCCCCCCCCCCCN1C=CN(CCCCCCCC)C1CCC. The van der Waals surface area contributed by atoms with E-state index < -0.39 is 0 Å². The van der Waals surface area contributed by atoms with Crippen LogP contribution in [-0.2, 0) is 0 Å². The van der Waals surface area contributed by atoms with Crippen molar-refractivity contribution in [2.75, 3.05) is 13.1 Å². The number of unbranched alkanes of at least 4 members (excludes halogenated alkanes) is 18. The van der Waals surface area contributed by atoms with Crippen molar-refractivity contribution in [3.63, 3.8) is 0 Å². The normalized spacial score (nSPS) is 15.4. The Labute approximate surface area is 220 Å². The molecule has 0 saturated heterocycles. The summed E-state index contributed by atoms with van der Waals surface area (Å²) in [7, 11) is 0. The van der Waals surface area contributed by atoms with Crippen LogP contribution in [0.5, 0.6) is 0 Å². The van der Waals surface area contributed by atoms with Gasteiger partial charge in [0.1, 0.15) is 6.17 Å². The van der Waals surface area contributed by atoms with E-state index in [0.29, 0.717) is 6.17 Å². The number of hydrogen-bond acceptors (Lipinski definition) is 2. The molecule has 3 heteroatoms. The fraction of sp³-hybridized carbons (Fsp3) is 0.933. The van der Waals surface area contributed by atoms with Crippen LogP contribution in [0, 0.1) is 0 Å². The summed E-state index contributed by atoms with van der Waals surface area (Å²) in [5.74, 6) is 0. The number of rotatable bonds is 24. The van der Waals surface area contributed by atoms with Gasteiger partial charge in [-0.3, -0.25) is 0 Å². The predicted molar refractivity (Wildman–Crippen MR) is 155 cm³/mol. The van der Waals surface area contributed by atoms with Crippen LogP contribution in [0.1, 0.15) is 162 Å². The Kier molecular flexibility index (Phi) is 24.8. The van der Waals surface area contributed by atoms with Gasteiger partial charge in [-0.25, -0.2) is 0 Å². The first-order chi connectivity index (χ1) is 15.8. The summed E-state index contributed by atoms with van der Waals surface area (Å²) in [6.07, 6.45) is 36.6. The van der Waals surface area contributed by atoms with Crippen molar-refractivity contribution >= 4 is 17.0 Å². The highest BCUT2D eigenvalue weighted by molar-refractivity contribution is 8.93. The highest BCUT2D eigenvalue weighted by Gasteiger charge is 2.24. The van der Waals surface area contributed by atoms with E-state index in [9.17, 15) is 0 Å². The van der Waals surface area contributed by atoms with E-state index in [1.54, 1.807) is 0 Å². The van der Waals surface area contributed by atoms with Gasteiger partial charge in [-0.1, -0.05) is 143 Å². The second kappa shape index (κ2) is 24.9. The molecule has 1 heterocycles. The van der Waals surface area contributed by atoms with Crippen molar-refractivity contribution in [3.05, 3.63) is 12.4 Å². The zero-order chi connectivity index (χ0) is 23.1. The molecule has 1 rings (SSSR count). The summed E-state index contributed by atoms with van der Waals surface area (Å²) < 4.78 is 0. The third kappa shape index (κ3) is 17.8. The van der Waals surface area contributed by atoms with Gasteiger partial charge in [-0.15, -0.1) is 17.0 Å². The smallest absolute Gasteiger partial charge is 0.101 e. The van der Waals surface area contributed by atoms with Gasteiger partial charge in [0.05, 0.1) is 0 Å². The first-order valence-electron chi connectivity index (χ1n) is 15.0. The van der Waals surface area contributed by atoms with E-state index in [1.165, 1.54) is 154 Å². The van der Waals surface area contributed by atoms with E-state index in [0.717, 1.165) is 0 Å². The standard InChI is InChI=1S/C30H60N2.BrH/c1-4-7-9-11-13-14-15-16-17-18-19-20-22-24-27-32-29-28-31(30(32)25-6-3)26-23-21-12-10-8-5-2;/h28-30H,4-27H2,1-3H3;1H. The second-order valence-corrected chi connectivity index (χ2v) is 10.4. The van der Waals surface area contributed by atoms with Crippen LogP contribution in [0.4, 0.5) is 0 Å². The van der Waals surface area contributed by atoms with Gasteiger partial charge in [-0.2, -0.15) is 0 Å². The molecule has 0 amide bonds. The molecule has 0 fully saturated rings. The lowest BCUT2D eigenvalue weighted by atomic mass is 10.0. The molecule has 1 aliphatic rings. The van der Waals surface area contributed by atoms with Crippen LogP contribution in [-0.4, -0.2) is 29.1 Å². The first-order valence-corrected chi connectivity index (χ1v) is 15.0. The number of halogens is 1. The molecule has 0 radical (unpaired) electrons. The average Bonchev–Trinajstić information content (AvgIpc) is 3.18. The average molecular weight is 530 g/mol. The highest BCUT2D eigenvalue weighted by atomic mass is 79.9. The third-order valence-corrected chi connectivity index (χ3v) is 7.30. The van der Waals surface area contributed by atoms with E-state index in [-0.39, 0.29) is 17.0 Å². The lowest BCUT2D eigenvalue weighted by Gasteiger charge is -2.33. The van der Waals surface area contributed by atoms with Crippen LogP contribution >= 0.6 is 17.0 Å². The van der Waals surface area contributed by atoms with Crippen LogP contribution < -0.4 is 0 Å². The highest BCUT2D eigenvalue weighted by Crippen LogP contribution is 2.22. The Morgan fingerprint density at radius 2 is 0.727 bits per heavy atom. The van der Waals surface area contributed by atoms with E-state index in [4.69, 9.17) is 0 Å². The maximum absolute atomic E-state index is 2.64. The van der Waals surface area contributed by atoms with Gasteiger partial charge >= 0.3 is 0 Å². The summed E-state index contributed by atoms with van der Waals surface area (Å²) >= 11 is 0. The van der Waals surface area contributed by atoms with Crippen molar-refractivity contribution < 1.29 is 0 Å². The molecule has 1 atom stereocenters. The molecule has 0 saturated carbocycles. The van der Waals surface area contributed by atoms with Crippen molar-refractivity contribution in [3.8, 4) is 0 Å². The summed E-state index contributed by atoms with van der Waals surface area (Å²) in [5, 5.41) is 0.